The van der Waals surface area contributed by atoms with Gasteiger partial charge in [0.15, 0.2) is 18.0 Å². The Labute approximate surface area is 312 Å². The van der Waals surface area contributed by atoms with E-state index in [0.717, 1.165) is 57.8 Å². The van der Waals surface area contributed by atoms with Gasteiger partial charge in [0.25, 0.3) is 7.82 Å². The van der Waals surface area contributed by atoms with E-state index in [2.05, 4.69) is 6.92 Å². The fourth-order valence-corrected chi connectivity index (χ4v) is 7.02. The molecule has 51 heavy (non-hydrogen) atoms. The normalized spacial score (nSPS) is 14.3. The number of aliphatic hydroxyl groups excluding tert-OH is 1. The smallest absolute Gasteiger partial charge is 0.306 e. The predicted molar refractivity (Wildman–Crippen MR) is 204 cm³/mol. The molecule has 0 aliphatic heterocycles. The summed E-state index contributed by atoms with van der Waals surface area (Å²) in [5.41, 5.74) is 0. The van der Waals surface area contributed by atoms with Crippen molar-refractivity contribution < 1.29 is 46.8 Å². The number of likely N-dealkylation sites (N-methyl/N-ethyl adjacent to an activating group) is 1. The van der Waals surface area contributed by atoms with Crippen LogP contribution in [0.1, 0.15) is 187 Å². The van der Waals surface area contributed by atoms with Gasteiger partial charge < -0.3 is 28.3 Å². The Morgan fingerprint density at radius 1 is 0.667 bits per heavy atom. The molecule has 1 N–H and O–H groups in total. The van der Waals surface area contributed by atoms with Crippen LogP contribution in [-0.2, 0) is 27.9 Å². The van der Waals surface area contributed by atoms with Crippen LogP contribution in [0, 0.1) is 0 Å². The van der Waals surface area contributed by atoms with Crippen molar-refractivity contribution in [2.75, 3.05) is 47.6 Å². The van der Waals surface area contributed by atoms with E-state index in [1.165, 1.54) is 89.9 Å². The number of ether oxygens (including phenoxy) is 1. The van der Waals surface area contributed by atoms with Crippen LogP contribution in [0.4, 0.5) is 4.39 Å². The molecule has 0 radical (unpaired) electrons. The second-order valence-electron chi connectivity index (χ2n) is 15.5. The highest BCUT2D eigenvalue weighted by Gasteiger charge is 2.35. The number of esters is 1. The van der Waals surface area contributed by atoms with Gasteiger partial charge in [-0.1, -0.05) is 155 Å². The van der Waals surface area contributed by atoms with Gasteiger partial charge in [0.05, 0.1) is 34.4 Å². The van der Waals surface area contributed by atoms with Gasteiger partial charge in [-0.05, 0) is 19.3 Å². The van der Waals surface area contributed by atoms with Crippen LogP contribution in [0.3, 0.4) is 0 Å². The van der Waals surface area contributed by atoms with Gasteiger partial charge in [-0.2, -0.15) is 0 Å². The quantitative estimate of drug-likeness (QED) is 0.0285. The molecule has 0 saturated carbocycles. The highest BCUT2D eigenvalue weighted by Crippen LogP contribution is 2.41. The number of unbranched alkanes of at least 4 members (excludes halogenated alkanes) is 24. The molecule has 9 nitrogen and oxygen atoms in total. The predicted octanol–water partition coefficient (Wildman–Crippen LogP) is 9.95. The zero-order valence-corrected chi connectivity index (χ0v) is 34.3. The Morgan fingerprint density at radius 3 is 1.45 bits per heavy atom. The van der Waals surface area contributed by atoms with E-state index >= 15 is 0 Å². The summed E-state index contributed by atoms with van der Waals surface area (Å²) in [5.74, 6) is -1.11. The lowest BCUT2D eigenvalue weighted by Gasteiger charge is -2.32. The summed E-state index contributed by atoms with van der Waals surface area (Å²) in [6.45, 7) is 1.56. The molecular formula is C40H79FNO8P. The average molecular weight is 752 g/mol. The second-order valence-corrected chi connectivity index (χ2v) is 16.9. The summed E-state index contributed by atoms with van der Waals surface area (Å²) in [4.78, 5) is 38.7. The van der Waals surface area contributed by atoms with Crippen molar-refractivity contribution >= 4 is 19.6 Å². The number of aliphatic hydroxyl groups is 1. The first-order chi connectivity index (χ1) is 24.5. The summed E-state index contributed by atoms with van der Waals surface area (Å²) < 4.78 is 41.1. The Balaban J connectivity index is 4.64. The molecular weight excluding hydrogens is 672 g/mol. The van der Waals surface area contributed by atoms with Gasteiger partial charge in [0.1, 0.15) is 13.2 Å². The Hall–Kier alpha value is -0.900. The van der Waals surface area contributed by atoms with Crippen LogP contribution in [-0.4, -0.2) is 81.1 Å². The van der Waals surface area contributed by atoms with Gasteiger partial charge in [-0.15, -0.1) is 0 Å². The van der Waals surface area contributed by atoms with E-state index < -0.39 is 38.4 Å². The number of alkyl halides is 1. The molecule has 3 atom stereocenters. The number of ketones is 1. The van der Waals surface area contributed by atoms with Gasteiger partial charge in [-0.3, -0.25) is 18.5 Å². The van der Waals surface area contributed by atoms with Crippen molar-refractivity contribution in [3.63, 3.8) is 0 Å². The van der Waals surface area contributed by atoms with Crippen LogP contribution in [0.25, 0.3) is 0 Å². The maximum absolute atomic E-state index is 13.3. The molecule has 0 heterocycles. The molecule has 0 fully saturated rings. The molecule has 2 unspecified atom stereocenters. The van der Waals surface area contributed by atoms with E-state index in [0.29, 0.717) is 30.3 Å². The highest BCUT2D eigenvalue weighted by atomic mass is 31.2. The Bertz CT molecular complexity index is 872. The van der Waals surface area contributed by atoms with Crippen molar-refractivity contribution in [2.45, 2.75) is 199 Å². The first kappa shape index (κ1) is 50.1. The van der Waals surface area contributed by atoms with Crippen molar-refractivity contribution in [3.8, 4) is 0 Å². The molecule has 0 aliphatic carbocycles. The monoisotopic (exact) mass is 752 g/mol. The zero-order chi connectivity index (χ0) is 38.1. The molecule has 11 heteroatoms. The number of hydrogen-bond acceptors (Lipinski definition) is 8. The van der Waals surface area contributed by atoms with Crippen molar-refractivity contribution in [1.82, 2.24) is 0 Å². The highest BCUT2D eigenvalue weighted by molar-refractivity contribution is 7.45. The lowest BCUT2D eigenvalue weighted by Crippen LogP contribution is -2.43. The van der Waals surface area contributed by atoms with Crippen molar-refractivity contribution in [1.29, 1.82) is 0 Å². The number of Topliss-reactive ketones (excluding diaryl/α,β-unsaturated/α-hetero) is 1. The lowest BCUT2D eigenvalue weighted by atomic mass is 10.0. The number of carbonyl (C=O) groups excluding carboxylic acids is 2. The number of halogens is 1. The number of nitrogens with zero attached hydrogens (tertiary/aromatic N) is 1. The zero-order valence-electron chi connectivity index (χ0n) is 33.4. The minimum Gasteiger partial charge on any atom is -0.756 e. The maximum Gasteiger partial charge on any atom is 0.306 e. The third-order valence-electron chi connectivity index (χ3n) is 9.41. The van der Waals surface area contributed by atoms with E-state index in [9.17, 15) is 28.5 Å². The van der Waals surface area contributed by atoms with Crippen LogP contribution in [0.2, 0.25) is 0 Å². The fraction of sp³-hybridized carbons (Fsp3) is 0.950. The maximum atomic E-state index is 13.3. The number of hydrogen-bond donors (Lipinski definition) is 1. The molecule has 304 valence electrons. The van der Waals surface area contributed by atoms with Crippen LogP contribution in [0.15, 0.2) is 0 Å². The molecule has 0 rings (SSSR count). The largest absolute Gasteiger partial charge is 0.756 e. The molecule has 0 aliphatic rings. The van der Waals surface area contributed by atoms with Crippen LogP contribution < -0.4 is 4.89 Å². The number of quaternary nitrogens is 1. The van der Waals surface area contributed by atoms with E-state index in [4.69, 9.17) is 13.8 Å². The first-order valence-corrected chi connectivity index (χ1v) is 22.2. The summed E-state index contributed by atoms with van der Waals surface area (Å²) in [5, 5.41) is 10.1. The van der Waals surface area contributed by atoms with Crippen molar-refractivity contribution in [3.05, 3.63) is 0 Å². The molecule has 0 amide bonds. The summed E-state index contributed by atoms with van der Waals surface area (Å²) in [6, 6.07) is 0. The first-order valence-electron chi connectivity index (χ1n) is 20.8. The number of carbonyl (C=O) groups is 2. The number of phosphoric acid groups is 1. The van der Waals surface area contributed by atoms with Gasteiger partial charge in [0.2, 0.25) is 0 Å². The number of rotatable bonds is 39. The molecule has 0 spiro atoms. The van der Waals surface area contributed by atoms with E-state index in [1.807, 2.05) is 21.1 Å². The number of phosphoric ester groups is 1. The van der Waals surface area contributed by atoms with Crippen molar-refractivity contribution in [2.24, 2.45) is 0 Å². The average Bonchev–Trinajstić information content (AvgIpc) is 3.07. The van der Waals surface area contributed by atoms with Gasteiger partial charge in [-0.25, -0.2) is 0 Å². The minimum absolute atomic E-state index is 0.0653. The van der Waals surface area contributed by atoms with Crippen LogP contribution >= 0.6 is 7.82 Å². The van der Waals surface area contributed by atoms with Gasteiger partial charge >= 0.3 is 5.97 Å². The second kappa shape index (κ2) is 33.7. The summed E-state index contributed by atoms with van der Waals surface area (Å²) in [7, 11) is 0.768. The molecule has 0 aromatic carbocycles. The molecule has 0 saturated heterocycles. The standard InChI is InChI=1S/C40H79FNO8P/c1-5-6-7-8-9-10-11-13-16-19-22-25-28-31-37(44)40(50-51(46,47)48-35-34-42(2,3)4)38(36-43)49-39(45)32-29-26-23-20-17-14-12-15-18-21-24-27-30-33-41/h38,40,43H,5-36H2,1-4H3/t38-,40?/m0/s1. The van der Waals surface area contributed by atoms with E-state index in [-0.39, 0.29) is 26.1 Å². The SMILES string of the molecule is CCCCCCCCCCCCCCCC(=O)C(OP(=O)([O-])OCC[N+](C)(C)C)[C@H](CO)OC(=O)CCCCCCCCCCCCCCCF. The van der Waals surface area contributed by atoms with Crippen LogP contribution in [0.5, 0.6) is 0 Å². The molecule has 0 aromatic heterocycles. The third-order valence-corrected chi connectivity index (χ3v) is 10.4. The third kappa shape index (κ3) is 33.4. The Morgan fingerprint density at radius 2 is 1.06 bits per heavy atom. The van der Waals surface area contributed by atoms with Gasteiger partial charge in [0, 0.05) is 12.8 Å². The minimum atomic E-state index is -4.92. The Kier molecular flexibility index (Phi) is 33.1. The van der Waals surface area contributed by atoms with E-state index in [1.54, 1.807) is 0 Å². The summed E-state index contributed by atoms with van der Waals surface area (Å²) >= 11 is 0. The topological polar surface area (TPSA) is 122 Å². The summed E-state index contributed by atoms with van der Waals surface area (Å²) in [6.07, 6.45) is 25.7. The fourth-order valence-electron chi connectivity index (χ4n) is 6.12. The molecule has 0 bridgehead atoms. The lowest BCUT2D eigenvalue weighted by molar-refractivity contribution is -0.870. The molecule has 0 aromatic rings.